The molecule has 0 aliphatic heterocycles. The third kappa shape index (κ3) is 2.93. The number of aromatic amines is 2. The summed E-state index contributed by atoms with van der Waals surface area (Å²) in [7, 11) is 0. The fourth-order valence-corrected chi connectivity index (χ4v) is 1.16. The molecule has 0 saturated carbocycles. The molecule has 92 valence electrons. The normalized spacial score (nSPS) is 11.2. The minimum Gasteiger partial charge on any atom is -0.494 e. The zero-order chi connectivity index (χ0) is 13.0. The SMILES string of the molecule is CC/C(=N\N=C(N)N)c1c(O)[nH]c(=O)[nH]c1=O. The van der Waals surface area contributed by atoms with Gasteiger partial charge in [0, 0.05) is 0 Å². The second-order valence-electron chi connectivity index (χ2n) is 3.06. The van der Waals surface area contributed by atoms with Gasteiger partial charge in [0.05, 0.1) is 5.71 Å². The molecule has 0 aliphatic rings. The first-order chi connectivity index (χ1) is 7.95. The van der Waals surface area contributed by atoms with Crippen LogP contribution in [0.3, 0.4) is 0 Å². The van der Waals surface area contributed by atoms with E-state index >= 15 is 0 Å². The smallest absolute Gasteiger partial charge is 0.328 e. The van der Waals surface area contributed by atoms with Gasteiger partial charge in [0.25, 0.3) is 5.56 Å². The Morgan fingerprint density at radius 2 is 1.94 bits per heavy atom. The summed E-state index contributed by atoms with van der Waals surface area (Å²) in [6.45, 7) is 1.69. The predicted octanol–water partition coefficient (Wildman–Crippen LogP) is -1.84. The number of rotatable bonds is 3. The van der Waals surface area contributed by atoms with Crippen molar-refractivity contribution in [1.82, 2.24) is 9.97 Å². The summed E-state index contributed by atoms with van der Waals surface area (Å²) in [5, 5.41) is 16.5. The molecule has 7 N–H and O–H groups in total. The van der Waals surface area contributed by atoms with Crippen molar-refractivity contribution in [3.8, 4) is 5.88 Å². The third-order valence-corrected chi connectivity index (χ3v) is 1.83. The molecule has 0 unspecified atom stereocenters. The monoisotopic (exact) mass is 240 g/mol. The van der Waals surface area contributed by atoms with Crippen LogP contribution in [0.25, 0.3) is 0 Å². The summed E-state index contributed by atoms with van der Waals surface area (Å²) >= 11 is 0. The average Bonchev–Trinajstić information content (AvgIpc) is 2.21. The number of nitrogens with two attached hydrogens (primary N) is 2. The summed E-state index contributed by atoms with van der Waals surface area (Å²) < 4.78 is 0. The summed E-state index contributed by atoms with van der Waals surface area (Å²) in [5.74, 6) is -0.860. The number of aromatic nitrogens is 2. The molecular formula is C8H12N6O3. The quantitative estimate of drug-likeness (QED) is 0.237. The van der Waals surface area contributed by atoms with Gasteiger partial charge in [-0.2, -0.15) is 5.10 Å². The zero-order valence-electron chi connectivity index (χ0n) is 9.02. The Kier molecular flexibility index (Phi) is 3.65. The Balaban J connectivity index is 3.41. The van der Waals surface area contributed by atoms with E-state index in [0.29, 0.717) is 6.42 Å². The van der Waals surface area contributed by atoms with Gasteiger partial charge in [0.2, 0.25) is 11.8 Å². The standard InChI is InChI=1S/C8H12N6O3/c1-2-3(13-14-7(9)10)4-5(15)11-8(17)12-6(4)16/h2H2,1H3,(H4,9,10,14)(H3,11,12,15,16,17)/b13-3+. The summed E-state index contributed by atoms with van der Waals surface area (Å²) in [6, 6.07) is 0. The van der Waals surface area contributed by atoms with Crippen LogP contribution in [0.5, 0.6) is 5.88 Å². The highest BCUT2D eigenvalue weighted by Gasteiger charge is 2.14. The Morgan fingerprint density at radius 3 is 2.41 bits per heavy atom. The molecule has 1 rings (SSSR count). The van der Waals surface area contributed by atoms with E-state index in [1.54, 1.807) is 6.92 Å². The fourth-order valence-electron chi connectivity index (χ4n) is 1.16. The molecule has 0 amide bonds. The third-order valence-electron chi connectivity index (χ3n) is 1.83. The highest BCUT2D eigenvalue weighted by molar-refractivity contribution is 6.02. The van der Waals surface area contributed by atoms with E-state index in [1.807, 2.05) is 9.97 Å². The van der Waals surface area contributed by atoms with Crippen LogP contribution in [0.1, 0.15) is 18.9 Å². The molecule has 0 spiro atoms. The lowest BCUT2D eigenvalue weighted by molar-refractivity contribution is 0.447. The maximum absolute atomic E-state index is 11.5. The van der Waals surface area contributed by atoms with Gasteiger partial charge in [-0.3, -0.25) is 14.8 Å². The van der Waals surface area contributed by atoms with Crippen LogP contribution in [0.2, 0.25) is 0 Å². The van der Waals surface area contributed by atoms with Gasteiger partial charge in [-0.05, 0) is 6.42 Å². The second kappa shape index (κ2) is 4.96. The minimum atomic E-state index is -0.812. The maximum Gasteiger partial charge on any atom is 0.328 e. The zero-order valence-corrected chi connectivity index (χ0v) is 9.02. The largest absolute Gasteiger partial charge is 0.494 e. The molecule has 17 heavy (non-hydrogen) atoms. The first-order valence-electron chi connectivity index (χ1n) is 4.67. The van der Waals surface area contributed by atoms with E-state index in [9.17, 15) is 14.7 Å². The molecule has 9 nitrogen and oxygen atoms in total. The number of nitrogens with one attached hydrogen (secondary N) is 2. The molecule has 0 bridgehead atoms. The number of guanidine groups is 1. The molecule has 1 aromatic rings. The Labute approximate surface area is 94.9 Å². The van der Waals surface area contributed by atoms with Crippen molar-refractivity contribution in [2.75, 3.05) is 0 Å². The molecule has 0 aliphatic carbocycles. The molecule has 0 fully saturated rings. The number of hydrogen-bond donors (Lipinski definition) is 5. The van der Waals surface area contributed by atoms with Crippen molar-refractivity contribution >= 4 is 11.7 Å². The molecule has 0 saturated heterocycles. The van der Waals surface area contributed by atoms with Gasteiger partial charge in [0.1, 0.15) is 5.56 Å². The van der Waals surface area contributed by atoms with Crippen LogP contribution in [-0.2, 0) is 0 Å². The minimum absolute atomic E-state index is 0.147. The van der Waals surface area contributed by atoms with E-state index < -0.39 is 17.1 Å². The van der Waals surface area contributed by atoms with Crippen LogP contribution < -0.4 is 22.7 Å². The Bertz CT molecular complexity index is 578. The highest BCUT2D eigenvalue weighted by Crippen LogP contribution is 2.09. The topological polar surface area (TPSA) is 163 Å². The molecular weight excluding hydrogens is 228 g/mol. The summed E-state index contributed by atoms with van der Waals surface area (Å²) in [5.41, 5.74) is 8.58. The van der Waals surface area contributed by atoms with Crippen LogP contribution in [0, 0.1) is 0 Å². The number of aromatic hydroxyl groups is 1. The van der Waals surface area contributed by atoms with Crippen molar-refractivity contribution in [3.05, 3.63) is 26.4 Å². The van der Waals surface area contributed by atoms with E-state index in [2.05, 4.69) is 10.2 Å². The van der Waals surface area contributed by atoms with Crippen molar-refractivity contribution < 1.29 is 5.11 Å². The van der Waals surface area contributed by atoms with Crippen LogP contribution >= 0.6 is 0 Å². The first-order valence-corrected chi connectivity index (χ1v) is 4.67. The van der Waals surface area contributed by atoms with Crippen LogP contribution in [0.4, 0.5) is 0 Å². The molecule has 9 heteroatoms. The Hall–Kier alpha value is -2.58. The summed E-state index contributed by atoms with van der Waals surface area (Å²) in [6.07, 6.45) is 0.291. The first kappa shape index (κ1) is 12.5. The van der Waals surface area contributed by atoms with Crippen molar-refractivity contribution in [1.29, 1.82) is 0 Å². The average molecular weight is 240 g/mol. The fraction of sp³-hybridized carbons (Fsp3) is 0.250. The van der Waals surface area contributed by atoms with E-state index in [1.165, 1.54) is 0 Å². The van der Waals surface area contributed by atoms with Crippen LogP contribution in [0.15, 0.2) is 19.8 Å². The van der Waals surface area contributed by atoms with E-state index in [0.717, 1.165) is 0 Å². The van der Waals surface area contributed by atoms with Gasteiger partial charge in [-0.15, -0.1) is 5.10 Å². The Morgan fingerprint density at radius 1 is 1.29 bits per heavy atom. The predicted molar refractivity (Wildman–Crippen MR) is 62.0 cm³/mol. The highest BCUT2D eigenvalue weighted by atomic mass is 16.3. The molecule has 1 aromatic heterocycles. The molecule has 0 radical (unpaired) electrons. The summed E-state index contributed by atoms with van der Waals surface area (Å²) in [4.78, 5) is 26.3. The number of nitrogens with zero attached hydrogens (tertiary/aromatic N) is 2. The van der Waals surface area contributed by atoms with Crippen molar-refractivity contribution in [3.63, 3.8) is 0 Å². The van der Waals surface area contributed by atoms with E-state index in [4.69, 9.17) is 11.5 Å². The van der Waals surface area contributed by atoms with Gasteiger partial charge in [-0.1, -0.05) is 6.92 Å². The van der Waals surface area contributed by atoms with E-state index in [-0.39, 0.29) is 17.2 Å². The van der Waals surface area contributed by atoms with Gasteiger partial charge < -0.3 is 16.6 Å². The van der Waals surface area contributed by atoms with Gasteiger partial charge in [0.15, 0.2) is 0 Å². The van der Waals surface area contributed by atoms with Crippen molar-refractivity contribution in [2.45, 2.75) is 13.3 Å². The molecule has 0 atom stereocenters. The van der Waals surface area contributed by atoms with Gasteiger partial charge >= 0.3 is 5.69 Å². The molecule has 1 heterocycles. The van der Waals surface area contributed by atoms with Crippen molar-refractivity contribution in [2.24, 2.45) is 21.7 Å². The number of H-pyrrole nitrogens is 2. The van der Waals surface area contributed by atoms with Gasteiger partial charge in [-0.25, -0.2) is 4.79 Å². The number of hydrogen-bond acceptors (Lipinski definition) is 5. The lowest BCUT2D eigenvalue weighted by Crippen LogP contribution is -2.28. The second-order valence-corrected chi connectivity index (χ2v) is 3.06. The lowest BCUT2D eigenvalue weighted by Gasteiger charge is -2.02. The molecule has 0 aromatic carbocycles. The lowest BCUT2D eigenvalue weighted by atomic mass is 10.1. The van der Waals surface area contributed by atoms with Crippen LogP contribution in [-0.4, -0.2) is 26.7 Å². The maximum atomic E-state index is 11.5.